The molecule has 0 heteroatoms. The summed E-state index contributed by atoms with van der Waals surface area (Å²) in [7, 11) is 0. The monoisotopic (exact) mass is 288 g/mol. The SMILES string of the molecule is C1=CC2C=CC3C4=C(CCC=C4)C4=C(CCCC4)C3C2C=C1. The Labute approximate surface area is 133 Å². The molecule has 4 atom stereocenters. The predicted molar refractivity (Wildman–Crippen MR) is 92.3 cm³/mol. The van der Waals surface area contributed by atoms with Gasteiger partial charge >= 0.3 is 0 Å². The lowest BCUT2D eigenvalue weighted by molar-refractivity contribution is 0.304. The highest BCUT2D eigenvalue weighted by Crippen LogP contribution is 2.54. The summed E-state index contributed by atoms with van der Waals surface area (Å²) in [6.07, 6.45) is 27.3. The Kier molecular flexibility index (Phi) is 2.93. The van der Waals surface area contributed by atoms with Gasteiger partial charge in [0.15, 0.2) is 0 Å². The summed E-state index contributed by atoms with van der Waals surface area (Å²) in [5.41, 5.74) is 7.01. The fourth-order valence-electron chi connectivity index (χ4n) is 5.51. The fraction of sp³-hybridized carbons (Fsp3) is 0.455. The topological polar surface area (TPSA) is 0 Å². The average molecular weight is 288 g/mol. The lowest BCUT2D eigenvalue weighted by Crippen LogP contribution is -2.37. The summed E-state index contributed by atoms with van der Waals surface area (Å²) in [6, 6.07) is 0. The van der Waals surface area contributed by atoms with Crippen LogP contribution in [-0.4, -0.2) is 0 Å². The average Bonchev–Trinajstić information content (AvgIpc) is 2.61. The number of fused-ring (bicyclic) bond motifs is 6. The van der Waals surface area contributed by atoms with E-state index in [0.717, 1.165) is 5.92 Å². The van der Waals surface area contributed by atoms with E-state index in [1.807, 2.05) is 5.57 Å². The number of allylic oxidation sites excluding steroid dienone is 12. The molecule has 0 aromatic rings. The molecule has 5 rings (SSSR count). The molecule has 5 aliphatic rings. The number of hydrogen-bond acceptors (Lipinski definition) is 0. The third kappa shape index (κ3) is 1.76. The van der Waals surface area contributed by atoms with Crippen molar-refractivity contribution in [2.75, 3.05) is 0 Å². The predicted octanol–water partition coefficient (Wildman–Crippen LogP) is 5.68. The molecule has 0 radical (unpaired) electrons. The van der Waals surface area contributed by atoms with Crippen LogP contribution >= 0.6 is 0 Å². The highest BCUT2D eigenvalue weighted by Gasteiger charge is 2.43. The summed E-state index contributed by atoms with van der Waals surface area (Å²) in [4.78, 5) is 0. The minimum Gasteiger partial charge on any atom is -0.0839 e. The van der Waals surface area contributed by atoms with Gasteiger partial charge in [0.25, 0.3) is 0 Å². The van der Waals surface area contributed by atoms with Gasteiger partial charge in [0.1, 0.15) is 0 Å². The van der Waals surface area contributed by atoms with Gasteiger partial charge in [-0.1, -0.05) is 54.2 Å². The lowest BCUT2D eigenvalue weighted by Gasteiger charge is -2.47. The maximum absolute atomic E-state index is 2.54. The molecule has 0 spiro atoms. The second-order valence-electron chi connectivity index (χ2n) is 7.45. The lowest BCUT2D eigenvalue weighted by atomic mass is 9.57. The first-order valence-electron chi connectivity index (χ1n) is 9.08. The van der Waals surface area contributed by atoms with E-state index in [1.54, 1.807) is 16.7 Å². The first-order chi connectivity index (χ1) is 10.9. The Hall–Kier alpha value is -1.56. The van der Waals surface area contributed by atoms with Crippen LogP contribution in [0.5, 0.6) is 0 Å². The zero-order chi connectivity index (χ0) is 14.5. The van der Waals surface area contributed by atoms with Crippen molar-refractivity contribution in [1.29, 1.82) is 0 Å². The van der Waals surface area contributed by atoms with E-state index in [4.69, 9.17) is 0 Å². The molecule has 0 amide bonds. The van der Waals surface area contributed by atoms with Crippen LogP contribution in [0.2, 0.25) is 0 Å². The molecule has 0 aromatic carbocycles. The van der Waals surface area contributed by atoms with Crippen LogP contribution in [0.3, 0.4) is 0 Å². The Morgan fingerprint density at radius 3 is 2.73 bits per heavy atom. The molecular formula is C22H24. The molecule has 0 bridgehead atoms. The Morgan fingerprint density at radius 1 is 0.818 bits per heavy atom. The van der Waals surface area contributed by atoms with Gasteiger partial charge in [-0.15, -0.1) is 0 Å². The summed E-state index contributed by atoms with van der Waals surface area (Å²) in [5, 5.41) is 0. The molecule has 0 nitrogen and oxygen atoms in total. The molecule has 5 aliphatic carbocycles. The first-order valence-corrected chi connectivity index (χ1v) is 9.08. The maximum atomic E-state index is 2.54. The summed E-state index contributed by atoms with van der Waals surface area (Å²) in [6.45, 7) is 0. The molecule has 4 unspecified atom stereocenters. The van der Waals surface area contributed by atoms with Crippen molar-refractivity contribution in [1.82, 2.24) is 0 Å². The van der Waals surface area contributed by atoms with E-state index >= 15 is 0 Å². The van der Waals surface area contributed by atoms with Crippen molar-refractivity contribution in [2.24, 2.45) is 23.7 Å². The van der Waals surface area contributed by atoms with E-state index in [0.29, 0.717) is 17.8 Å². The standard InChI is InChI=1S/C22H24/c1-2-8-16-15(7-1)13-14-21-19-11-4-3-9-17(19)18-10-5-6-12-20(18)22(16)21/h1-2,4,7-8,11,13-16,21-22H,3,5-6,9-10,12H2. The molecule has 0 aliphatic heterocycles. The highest BCUT2D eigenvalue weighted by atomic mass is 14.5. The van der Waals surface area contributed by atoms with E-state index in [-0.39, 0.29) is 0 Å². The van der Waals surface area contributed by atoms with Gasteiger partial charge in [0.05, 0.1) is 0 Å². The molecule has 0 heterocycles. The second kappa shape index (κ2) is 4.98. The second-order valence-corrected chi connectivity index (χ2v) is 7.45. The van der Waals surface area contributed by atoms with E-state index in [2.05, 4.69) is 48.6 Å². The van der Waals surface area contributed by atoms with Crippen LogP contribution in [0.25, 0.3) is 0 Å². The van der Waals surface area contributed by atoms with Gasteiger partial charge in [-0.25, -0.2) is 0 Å². The zero-order valence-electron chi connectivity index (χ0n) is 13.2. The quantitative estimate of drug-likeness (QED) is 0.503. The van der Waals surface area contributed by atoms with Crippen molar-refractivity contribution in [2.45, 2.75) is 38.5 Å². The molecule has 0 aromatic heterocycles. The van der Waals surface area contributed by atoms with Gasteiger partial charge < -0.3 is 0 Å². The minimum atomic E-state index is 0.622. The molecule has 22 heavy (non-hydrogen) atoms. The van der Waals surface area contributed by atoms with Gasteiger partial charge in [-0.2, -0.15) is 0 Å². The van der Waals surface area contributed by atoms with Crippen molar-refractivity contribution in [3.8, 4) is 0 Å². The van der Waals surface area contributed by atoms with Crippen molar-refractivity contribution < 1.29 is 0 Å². The van der Waals surface area contributed by atoms with Crippen LogP contribution in [-0.2, 0) is 0 Å². The summed E-state index contributed by atoms with van der Waals surface area (Å²) in [5.74, 6) is 2.68. The molecule has 0 saturated carbocycles. The van der Waals surface area contributed by atoms with Crippen molar-refractivity contribution in [3.63, 3.8) is 0 Å². The zero-order valence-corrected chi connectivity index (χ0v) is 13.2. The third-order valence-electron chi connectivity index (χ3n) is 6.41. The van der Waals surface area contributed by atoms with Crippen LogP contribution in [0.15, 0.2) is 70.9 Å². The van der Waals surface area contributed by atoms with Crippen LogP contribution in [0.4, 0.5) is 0 Å². The molecular weight excluding hydrogens is 264 g/mol. The first kappa shape index (κ1) is 12.9. The van der Waals surface area contributed by atoms with E-state index < -0.39 is 0 Å². The summed E-state index contributed by atoms with van der Waals surface area (Å²) >= 11 is 0. The summed E-state index contributed by atoms with van der Waals surface area (Å²) < 4.78 is 0. The Bertz CT molecular complexity index is 677. The van der Waals surface area contributed by atoms with Gasteiger partial charge in [-0.3, -0.25) is 0 Å². The molecule has 0 fully saturated rings. The van der Waals surface area contributed by atoms with Crippen LogP contribution in [0, 0.1) is 23.7 Å². The third-order valence-corrected chi connectivity index (χ3v) is 6.41. The van der Waals surface area contributed by atoms with Gasteiger partial charge in [0, 0.05) is 11.8 Å². The number of rotatable bonds is 0. The van der Waals surface area contributed by atoms with Crippen molar-refractivity contribution >= 4 is 0 Å². The van der Waals surface area contributed by atoms with Gasteiger partial charge in [0.2, 0.25) is 0 Å². The molecule has 0 saturated heterocycles. The van der Waals surface area contributed by atoms with E-state index in [1.165, 1.54) is 38.5 Å². The molecule has 0 N–H and O–H groups in total. The fourth-order valence-corrected chi connectivity index (χ4v) is 5.51. The largest absolute Gasteiger partial charge is 0.0839 e. The van der Waals surface area contributed by atoms with E-state index in [9.17, 15) is 0 Å². The van der Waals surface area contributed by atoms with Crippen molar-refractivity contribution in [3.05, 3.63) is 70.9 Å². The van der Waals surface area contributed by atoms with Gasteiger partial charge in [-0.05, 0) is 67.1 Å². The Balaban J connectivity index is 1.70. The highest BCUT2D eigenvalue weighted by molar-refractivity contribution is 5.54. The number of hydrogen-bond donors (Lipinski definition) is 0. The molecule has 112 valence electrons. The Morgan fingerprint density at radius 2 is 1.73 bits per heavy atom. The maximum Gasteiger partial charge on any atom is 0.00926 e. The van der Waals surface area contributed by atoms with Crippen LogP contribution < -0.4 is 0 Å². The smallest absolute Gasteiger partial charge is 0.00926 e. The van der Waals surface area contributed by atoms with Crippen LogP contribution in [0.1, 0.15) is 38.5 Å². The minimum absolute atomic E-state index is 0.622. The normalized spacial score (nSPS) is 38.5.